The molecule has 2 aromatic rings. The monoisotopic (exact) mass is 398 g/mol. The molecule has 6 heteroatoms. The highest BCUT2D eigenvalue weighted by Crippen LogP contribution is 2.31. The largest absolute Gasteiger partial charge is 0.308 e. The van der Waals surface area contributed by atoms with Gasteiger partial charge in [0.15, 0.2) is 0 Å². The van der Waals surface area contributed by atoms with Crippen molar-refractivity contribution in [3.05, 3.63) is 71.8 Å². The van der Waals surface area contributed by atoms with Crippen LogP contribution in [0.25, 0.3) is 0 Å². The Labute approximate surface area is 167 Å². The Hall–Kier alpha value is -2.44. The maximum absolute atomic E-state index is 13.1. The van der Waals surface area contributed by atoms with E-state index in [2.05, 4.69) is 37.3 Å². The van der Waals surface area contributed by atoms with Gasteiger partial charge in [-0.2, -0.15) is 0 Å². The van der Waals surface area contributed by atoms with Crippen LogP contribution in [0.1, 0.15) is 47.7 Å². The van der Waals surface area contributed by atoms with E-state index in [0.29, 0.717) is 18.0 Å². The molecule has 1 aliphatic heterocycles. The molecule has 0 bridgehead atoms. The number of aryl methyl sites for hydroxylation is 1. The van der Waals surface area contributed by atoms with E-state index in [1.54, 1.807) is 17.0 Å². The van der Waals surface area contributed by atoms with E-state index >= 15 is 0 Å². The molecule has 0 saturated heterocycles. The van der Waals surface area contributed by atoms with E-state index in [-0.39, 0.29) is 17.3 Å². The molecule has 0 aliphatic carbocycles. The number of amides is 1. The number of anilines is 1. The van der Waals surface area contributed by atoms with Crippen LogP contribution in [-0.4, -0.2) is 27.4 Å². The number of nitrogens with zero attached hydrogens (tertiary/aromatic N) is 1. The molecule has 0 saturated carbocycles. The van der Waals surface area contributed by atoms with Gasteiger partial charge in [0.05, 0.1) is 4.90 Å². The van der Waals surface area contributed by atoms with Gasteiger partial charge >= 0.3 is 0 Å². The van der Waals surface area contributed by atoms with Gasteiger partial charge in [-0.1, -0.05) is 32.1 Å². The third-order valence-electron chi connectivity index (χ3n) is 4.96. The molecule has 0 radical (unpaired) electrons. The van der Waals surface area contributed by atoms with Crippen LogP contribution < -0.4 is 9.62 Å². The van der Waals surface area contributed by atoms with Crippen LogP contribution in [0.5, 0.6) is 0 Å². The molecule has 1 amide bonds. The molecule has 0 aromatic heterocycles. The van der Waals surface area contributed by atoms with E-state index < -0.39 is 10.0 Å². The van der Waals surface area contributed by atoms with Gasteiger partial charge < -0.3 is 4.90 Å². The molecule has 2 aromatic carbocycles. The fourth-order valence-electron chi connectivity index (χ4n) is 3.37. The van der Waals surface area contributed by atoms with Crippen molar-refractivity contribution < 1.29 is 13.2 Å². The van der Waals surface area contributed by atoms with Crippen LogP contribution in [0, 0.1) is 0 Å². The lowest BCUT2D eigenvalue weighted by molar-refractivity contribution is 0.0985. The first kappa shape index (κ1) is 20.3. The summed E-state index contributed by atoms with van der Waals surface area (Å²) in [5, 5.41) is 0. The van der Waals surface area contributed by atoms with E-state index in [4.69, 9.17) is 0 Å². The maximum atomic E-state index is 13.1. The van der Waals surface area contributed by atoms with E-state index in [1.165, 1.54) is 29.3 Å². The van der Waals surface area contributed by atoms with Gasteiger partial charge in [0.1, 0.15) is 0 Å². The van der Waals surface area contributed by atoms with Crippen LogP contribution in [-0.2, 0) is 16.4 Å². The average molecular weight is 399 g/mol. The zero-order valence-electron chi connectivity index (χ0n) is 16.3. The summed E-state index contributed by atoms with van der Waals surface area (Å²) in [4.78, 5) is 15.0. The lowest BCUT2D eigenvalue weighted by Gasteiger charge is -2.30. The van der Waals surface area contributed by atoms with Crippen LogP contribution in [0.3, 0.4) is 0 Å². The molecule has 28 heavy (non-hydrogen) atoms. The van der Waals surface area contributed by atoms with Crippen LogP contribution in [0.15, 0.2) is 60.0 Å². The molecule has 0 spiro atoms. The molecule has 5 nitrogen and oxygen atoms in total. The number of rotatable bonds is 6. The number of carbonyl (C=O) groups excluding carboxylic acids is 1. The Bertz CT molecular complexity index is 979. The minimum absolute atomic E-state index is 0.110. The topological polar surface area (TPSA) is 66.5 Å². The van der Waals surface area contributed by atoms with Crippen molar-refractivity contribution in [2.75, 3.05) is 18.0 Å². The summed E-state index contributed by atoms with van der Waals surface area (Å²) in [5.41, 5.74) is 3.89. The Morgan fingerprint density at radius 3 is 2.57 bits per heavy atom. The standard InChI is InChI=1S/C22H26N2O3S/c1-4-13-23-28(26,27)20-10-7-17(8-11-20)22(25)24-14-5-6-19-15-18(16(2)3)9-12-21(19)24/h4,7-12,15-16,23H,1,5-6,13-14H2,2-3H3. The number of fused-ring (bicyclic) bond motifs is 1. The minimum Gasteiger partial charge on any atom is -0.308 e. The van der Waals surface area contributed by atoms with Gasteiger partial charge in [-0.3, -0.25) is 4.79 Å². The van der Waals surface area contributed by atoms with Crippen LogP contribution >= 0.6 is 0 Å². The summed E-state index contributed by atoms with van der Waals surface area (Å²) in [6.45, 7) is 8.64. The fraction of sp³-hybridized carbons (Fsp3) is 0.318. The fourth-order valence-corrected chi connectivity index (χ4v) is 4.37. The summed E-state index contributed by atoms with van der Waals surface area (Å²) in [7, 11) is -3.60. The van der Waals surface area contributed by atoms with Crippen molar-refractivity contribution in [1.82, 2.24) is 4.72 Å². The van der Waals surface area contributed by atoms with E-state index in [1.807, 2.05) is 6.07 Å². The highest BCUT2D eigenvalue weighted by molar-refractivity contribution is 7.89. The number of hydrogen-bond acceptors (Lipinski definition) is 3. The predicted octanol–water partition coefficient (Wildman–Crippen LogP) is 3.87. The summed E-state index contributed by atoms with van der Waals surface area (Å²) in [5.74, 6) is 0.335. The molecule has 1 N–H and O–H groups in total. The predicted molar refractivity (Wildman–Crippen MR) is 112 cm³/mol. The zero-order chi connectivity index (χ0) is 20.3. The van der Waals surface area contributed by atoms with Gasteiger partial charge in [-0.05, 0) is 60.2 Å². The quantitative estimate of drug-likeness (QED) is 0.751. The Morgan fingerprint density at radius 2 is 1.93 bits per heavy atom. The molecule has 0 unspecified atom stereocenters. The number of benzene rings is 2. The lowest BCUT2D eigenvalue weighted by Crippen LogP contribution is -2.35. The Kier molecular flexibility index (Phi) is 6.01. The normalized spacial score (nSPS) is 14.0. The van der Waals surface area contributed by atoms with Crippen molar-refractivity contribution in [2.45, 2.75) is 37.5 Å². The minimum atomic E-state index is -3.60. The first-order chi connectivity index (χ1) is 13.3. The highest BCUT2D eigenvalue weighted by atomic mass is 32.2. The molecular formula is C22H26N2O3S. The number of nitrogens with one attached hydrogen (secondary N) is 1. The second kappa shape index (κ2) is 8.29. The van der Waals surface area contributed by atoms with Crippen LogP contribution in [0.4, 0.5) is 5.69 Å². The van der Waals surface area contributed by atoms with Crippen molar-refractivity contribution in [2.24, 2.45) is 0 Å². The van der Waals surface area contributed by atoms with Crippen molar-refractivity contribution in [3.63, 3.8) is 0 Å². The SMILES string of the molecule is C=CCNS(=O)(=O)c1ccc(C(=O)N2CCCc3cc(C(C)C)ccc32)cc1. The zero-order valence-corrected chi connectivity index (χ0v) is 17.1. The van der Waals surface area contributed by atoms with Crippen molar-refractivity contribution in [3.8, 4) is 0 Å². The Morgan fingerprint density at radius 1 is 1.21 bits per heavy atom. The van der Waals surface area contributed by atoms with Gasteiger partial charge in [0, 0.05) is 24.3 Å². The van der Waals surface area contributed by atoms with E-state index in [0.717, 1.165) is 18.5 Å². The third kappa shape index (κ3) is 4.18. The molecule has 3 rings (SSSR count). The highest BCUT2D eigenvalue weighted by Gasteiger charge is 2.24. The molecule has 0 atom stereocenters. The lowest BCUT2D eigenvalue weighted by atomic mass is 9.94. The van der Waals surface area contributed by atoms with Gasteiger partial charge in [0.2, 0.25) is 10.0 Å². The summed E-state index contributed by atoms with van der Waals surface area (Å²) in [6.07, 6.45) is 3.36. The van der Waals surface area contributed by atoms with Crippen LogP contribution in [0.2, 0.25) is 0 Å². The Balaban J connectivity index is 1.85. The van der Waals surface area contributed by atoms with Crippen molar-refractivity contribution >= 4 is 21.6 Å². The van der Waals surface area contributed by atoms with Gasteiger partial charge in [0.25, 0.3) is 5.91 Å². The molecule has 1 heterocycles. The second-order valence-corrected chi connectivity index (χ2v) is 9.04. The average Bonchev–Trinajstić information content (AvgIpc) is 2.71. The van der Waals surface area contributed by atoms with Crippen molar-refractivity contribution in [1.29, 1.82) is 0 Å². The van der Waals surface area contributed by atoms with Gasteiger partial charge in [-0.25, -0.2) is 13.1 Å². The molecule has 1 aliphatic rings. The maximum Gasteiger partial charge on any atom is 0.258 e. The molecule has 148 valence electrons. The molecular weight excluding hydrogens is 372 g/mol. The number of sulfonamides is 1. The summed E-state index contributed by atoms with van der Waals surface area (Å²) < 4.78 is 26.8. The summed E-state index contributed by atoms with van der Waals surface area (Å²) in [6, 6.07) is 12.4. The van der Waals surface area contributed by atoms with E-state index in [9.17, 15) is 13.2 Å². The number of hydrogen-bond donors (Lipinski definition) is 1. The summed E-state index contributed by atoms with van der Waals surface area (Å²) >= 11 is 0. The molecule has 0 fully saturated rings. The first-order valence-electron chi connectivity index (χ1n) is 9.49. The second-order valence-electron chi connectivity index (χ2n) is 7.27. The smallest absolute Gasteiger partial charge is 0.258 e. The number of carbonyl (C=O) groups is 1. The first-order valence-corrected chi connectivity index (χ1v) is 11.0. The third-order valence-corrected chi connectivity index (χ3v) is 6.40. The van der Waals surface area contributed by atoms with Gasteiger partial charge in [-0.15, -0.1) is 6.58 Å².